The third-order valence-corrected chi connectivity index (χ3v) is 6.59. The molecule has 0 fully saturated rings. The molecule has 0 saturated heterocycles. The Morgan fingerprint density at radius 3 is 2.35 bits per heavy atom. The van der Waals surface area contributed by atoms with Gasteiger partial charge in [0.25, 0.3) is 5.91 Å². The number of halogens is 4. The van der Waals surface area contributed by atoms with Crippen LogP contribution in [-0.2, 0) is 11.2 Å². The monoisotopic (exact) mass is 521 g/mol. The molecule has 1 amide bonds. The number of aryl methyl sites for hydroxylation is 1. The number of alkyl halides is 2. The Kier molecular flexibility index (Phi) is 10.6. The van der Waals surface area contributed by atoms with Gasteiger partial charge in [-0.25, -0.2) is 0 Å². The molecule has 0 aliphatic heterocycles. The highest BCUT2D eigenvalue weighted by atomic mass is 35.5. The van der Waals surface area contributed by atoms with Crippen LogP contribution < -0.4 is 10.1 Å². The third-order valence-electron chi connectivity index (χ3n) is 4.60. The van der Waals surface area contributed by atoms with Gasteiger partial charge in [-0.1, -0.05) is 57.0 Å². The van der Waals surface area contributed by atoms with E-state index in [9.17, 15) is 4.79 Å². The Hall–Kier alpha value is -0.780. The number of hydrogen-bond acceptors (Lipinski definition) is 3. The molecule has 8 heteroatoms. The average Bonchev–Trinajstić information content (AvgIpc) is 2.70. The Morgan fingerprint density at radius 2 is 1.81 bits per heavy atom. The van der Waals surface area contributed by atoms with Crippen molar-refractivity contribution >= 4 is 64.1 Å². The number of benzene rings is 2. The number of rotatable bonds is 10. The second kappa shape index (κ2) is 12.5. The molecule has 2 aromatic rings. The van der Waals surface area contributed by atoms with Gasteiger partial charge in [0.15, 0.2) is 4.84 Å². The summed E-state index contributed by atoms with van der Waals surface area (Å²) in [5, 5.41) is 4.28. The first-order chi connectivity index (χ1) is 14.7. The van der Waals surface area contributed by atoms with Gasteiger partial charge in [-0.3, -0.25) is 4.79 Å². The number of thioether (sulfide) groups is 1. The number of carbonyl (C=O) groups excluding carboxylic acids is 1. The smallest absolute Gasteiger partial charge is 0.264 e. The predicted octanol–water partition coefficient (Wildman–Crippen LogP) is 7.87. The minimum atomic E-state index is -1.13. The number of ether oxygens (including phenoxy) is 1. The molecule has 31 heavy (non-hydrogen) atoms. The van der Waals surface area contributed by atoms with Gasteiger partial charge in [0.2, 0.25) is 6.10 Å². The SMILES string of the molecule is CCc1cc(SC(C)C)ccc1C(CC)NC(=O)C(Oc1ccc(Cl)cc1Cl)C(Cl)Cl. The van der Waals surface area contributed by atoms with E-state index in [1.54, 1.807) is 12.1 Å². The molecular weight excluding hydrogens is 496 g/mol. The topological polar surface area (TPSA) is 38.3 Å². The largest absolute Gasteiger partial charge is 0.476 e. The lowest BCUT2D eigenvalue weighted by atomic mass is 9.96. The zero-order valence-corrected chi connectivity index (χ0v) is 21.8. The van der Waals surface area contributed by atoms with Crippen LogP contribution in [0.15, 0.2) is 41.3 Å². The van der Waals surface area contributed by atoms with Gasteiger partial charge < -0.3 is 10.1 Å². The molecule has 2 aromatic carbocycles. The summed E-state index contributed by atoms with van der Waals surface area (Å²) in [7, 11) is 0. The average molecular weight is 523 g/mol. The van der Waals surface area contributed by atoms with Crippen LogP contribution in [0.4, 0.5) is 0 Å². The summed E-state index contributed by atoms with van der Waals surface area (Å²) in [4.78, 5) is 13.2. The molecule has 170 valence electrons. The number of nitrogens with one attached hydrogen (secondary N) is 1. The minimum Gasteiger partial charge on any atom is -0.476 e. The van der Waals surface area contributed by atoms with Gasteiger partial charge in [0.1, 0.15) is 5.75 Å². The lowest BCUT2D eigenvalue weighted by Gasteiger charge is -2.25. The van der Waals surface area contributed by atoms with Crippen molar-refractivity contribution in [3.05, 3.63) is 57.6 Å². The van der Waals surface area contributed by atoms with Gasteiger partial charge in [0, 0.05) is 15.2 Å². The van der Waals surface area contributed by atoms with Gasteiger partial charge in [-0.05, 0) is 54.3 Å². The summed E-state index contributed by atoms with van der Waals surface area (Å²) in [5.74, 6) is -0.120. The highest BCUT2D eigenvalue weighted by Gasteiger charge is 2.30. The molecule has 0 aliphatic carbocycles. The van der Waals surface area contributed by atoms with E-state index in [-0.39, 0.29) is 16.8 Å². The molecular formula is C23H27Cl4NO2S. The maximum atomic E-state index is 13.0. The van der Waals surface area contributed by atoms with E-state index < -0.39 is 16.8 Å². The molecule has 0 saturated carbocycles. The number of carbonyl (C=O) groups is 1. The highest BCUT2D eigenvalue weighted by Crippen LogP contribution is 2.31. The molecule has 2 rings (SSSR count). The Morgan fingerprint density at radius 1 is 1.10 bits per heavy atom. The zero-order chi connectivity index (χ0) is 23.1. The standard InChI is InChI=1S/C23H27Cl4NO2S/c1-5-14-11-16(31-13(3)4)8-9-17(14)19(6-2)28-23(29)21(22(26)27)30-20-10-7-15(24)12-18(20)25/h7-13,19,21-22H,5-6H2,1-4H3,(H,28,29). The Balaban J connectivity index is 2.23. The van der Waals surface area contributed by atoms with Crippen LogP contribution in [0.5, 0.6) is 5.75 Å². The number of hydrogen-bond donors (Lipinski definition) is 1. The van der Waals surface area contributed by atoms with Crippen molar-refractivity contribution in [3.8, 4) is 5.75 Å². The summed E-state index contributed by atoms with van der Waals surface area (Å²) < 4.78 is 5.75. The second-order valence-corrected chi connectivity index (χ2v) is 11.0. The van der Waals surface area contributed by atoms with Crippen molar-refractivity contribution in [2.24, 2.45) is 0 Å². The fraction of sp³-hybridized carbons (Fsp3) is 0.435. The first-order valence-corrected chi connectivity index (χ1v) is 12.7. The van der Waals surface area contributed by atoms with Gasteiger partial charge >= 0.3 is 0 Å². The summed E-state index contributed by atoms with van der Waals surface area (Å²) in [6, 6.07) is 10.9. The Bertz CT molecular complexity index is 892. The second-order valence-electron chi connectivity index (χ2n) is 7.30. The van der Waals surface area contributed by atoms with Crippen LogP contribution in [0.1, 0.15) is 51.3 Å². The lowest BCUT2D eigenvalue weighted by Crippen LogP contribution is -2.44. The fourth-order valence-corrected chi connectivity index (χ4v) is 4.84. The first kappa shape index (κ1) is 26.5. The third kappa shape index (κ3) is 7.64. The van der Waals surface area contributed by atoms with Crippen LogP contribution in [0.25, 0.3) is 0 Å². The van der Waals surface area contributed by atoms with Crippen LogP contribution in [-0.4, -0.2) is 22.1 Å². The normalized spacial score (nSPS) is 13.4. The van der Waals surface area contributed by atoms with Crippen molar-refractivity contribution in [3.63, 3.8) is 0 Å². The quantitative estimate of drug-likeness (QED) is 0.254. The molecule has 0 aliphatic rings. The van der Waals surface area contributed by atoms with E-state index in [4.69, 9.17) is 51.1 Å². The maximum Gasteiger partial charge on any atom is 0.264 e. The summed E-state index contributed by atoms with van der Waals surface area (Å²) >= 11 is 26.1. The van der Waals surface area contributed by atoms with Crippen molar-refractivity contribution in [2.75, 3.05) is 0 Å². The van der Waals surface area contributed by atoms with Crippen molar-refractivity contribution in [2.45, 2.75) is 67.7 Å². The van der Waals surface area contributed by atoms with Crippen LogP contribution in [0, 0.1) is 0 Å². The van der Waals surface area contributed by atoms with Gasteiger partial charge in [-0.2, -0.15) is 0 Å². The minimum absolute atomic E-state index is 0.195. The molecule has 3 nitrogen and oxygen atoms in total. The fourth-order valence-electron chi connectivity index (χ4n) is 3.15. The number of amides is 1. The summed E-state index contributed by atoms with van der Waals surface area (Å²) in [6.45, 7) is 8.47. The molecule has 0 radical (unpaired) electrons. The van der Waals surface area contributed by atoms with Crippen LogP contribution >= 0.6 is 58.2 Å². The van der Waals surface area contributed by atoms with Gasteiger partial charge in [0.05, 0.1) is 11.1 Å². The van der Waals surface area contributed by atoms with Crippen molar-refractivity contribution < 1.29 is 9.53 Å². The molecule has 0 spiro atoms. The van der Waals surface area contributed by atoms with Crippen molar-refractivity contribution in [1.29, 1.82) is 0 Å². The molecule has 2 atom stereocenters. The molecule has 0 bridgehead atoms. The Labute approximate surface area is 209 Å². The van der Waals surface area contributed by atoms with Crippen LogP contribution in [0.2, 0.25) is 10.0 Å². The van der Waals surface area contributed by atoms with E-state index in [1.807, 2.05) is 18.7 Å². The zero-order valence-electron chi connectivity index (χ0n) is 17.9. The molecule has 2 unspecified atom stereocenters. The maximum absolute atomic E-state index is 13.0. The van der Waals surface area contributed by atoms with E-state index in [0.29, 0.717) is 16.7 Å². The molecule has 0 aromatic heterocycles. The van der Waals surface area contributed by atoms with Crippen molar-refractivity contribution in [1.82, 2.24) is 5.32 Å². The molecule has 1 N–H and O–H groups in total. The van der Waals surface area contributed by atoms with E-state index in [0.717, 1.165) is 12.0 Å². The van der Waals surface area contributed by atoms with E-state index in [1.165, 1.54) is 16.5 Å². The van der Waals surface area contributed by atoms with Crippen LogP contribution in [0.3, 0.4) is 0 Å². The predicted molar refractivity (Wildman–Crippen MR) is 134 cm³/mol. The van der Waals surface area contributed by atoms with E-state index >= 15 is 0 Å². The van der Waals surface area contributed by atoms with E-state index in [2.05, 4.69) is 44.3 Å². The lowest BCUT2D eigenvalue weighted by molar-refractivity contribution is -0.128. The summed E-state index contributed by atoms with van der Waals surface area (Å²) in [5.41, 5.74) is 2.28. The van der Waals surface area contributed by atoms with Gasteiger partial charge in [-0.15, -0.1) is 35.0 Å². The summed E-state index contributed by atoms with van der Waals surface area (Å²) in [6.07, 6.45) is 0.443. The first-order valence-electron chi connectivity index (χ1n) is 10.2. The molecule has 0 heterocycles. The highest BCUT2D eigenvalue weighted by molar-refractivity contribution is 7.99.